The van der Waals surface area contributed by atoms with Gasteiger partial charge >= 0.3 is 17.8 Å². The topological polar surface area (TPSA) is 115 Å². The predicted molar refractivity (Wildman–Crippen MR) is 124 cm³/mol. The summed E-state index contributed by atoms with van der Waals surface area (Å²) in [6.45, 7) is 3.60. The number of nitrogen functional groups attached to an aromatic ring is 1. The molecule has 0 saturated heterocycles. The number of nitrogens with zero attached hydrogens (tertiary/aromatic N) is 2. The van der Waals surface area contributed by atoms with Crippen molar-refractivity contribution in [3.05, 3.63) is 86.2 Å². The van der Waals surface area contributed by atoms with Crippen molar-refractivity contribution in [2.45, 2.75) is 39.2 Å². The summed E-state index contributed by atoms with van der Waals surface area (Å²) in [5.41, 5.74) is -2.39. The molecule has 3 rings (SSSR count). The van der Waals surface area contributed by atoms with Gasteiger partial charge < -0.3 is 20.1 Å². The predicted octanol–water partition coefficient (Wildman–Crippen LogP) is 2.81. The van der Waals surface area contributed by atoms with Crippen LogP contribution in [0.3, 0.4) is 0 Å². The Labute approximate surface area is 203 Å². The average molecular weight is 507 g/mol. The van der Waals surface area contributed by atoms with E-state index in [9.17, 15) is 27.6 Å². The second kappa shape index (κ2) is 10.6. The van der Waals surface area contributed by atoms with E-state index in [-0.39, 0.29) is 23.0 Å². The van der Waals surface area contributed by atoms with E-state index in [0.717, 1.165) is 12.0 Å². The molecule has 0 aliphatic rings. The zero-order chi connectivity index (χ0) is 26.6. The molecule has 1 atom stereocenters. The SMILES string of the molecule is CCc1ccc(OC(C)C(=O)OC)c(COc2ccc(-n3c(=O)cc(C(F)(F)F)n(N)c3=O)cc2)c1. The lowest BCUT2D eigenvalue weighted by molar-refractivity contribution is -0.148. The molecule has 0 fully saturated rings. The number of nitrogens with two attached hydrogens (primary N) is 1. The average Bonchev–Trinajstić information content (AvgIpc) is 2.85. The van der Waals surface area contributed by atoms with E-state index in [2.05, 4.69) is 4.74 Å². The first-order valence-electron chi connectivity index (χ1n) is 10.8. The second-order valence-electron chi connectivity index (χ2n) is 7.72. The van der Waals surface area contributed by atoms with Crippen LogP contribution >= 0.6 is 0 Å². The Morgan fingerprint density at radius 1 is 1.08 bits per heavy atom. The number of hydrogen-bond acceptors (Lipinski definition) is 7. The number of aryl methyl sites for hydroxylation is 1. The van der Waals surface area contributed by atoms with Crippen LogP contribution in [0.4, 0.5) is 13.2 Å². The number of carbonyl (C=O) groups excluding carboxylic acids is 1. The van der Waals surface area contributed by atoms with Crippen molar-refractivity contribution < 1.29 is 32.2 Å². The molecule has 1 aromatic heterocycles. The highest BCUT2D eigenvalue weighted by Crippen LogP contribution is 2.27. The third-order valence-electron chi connectivity index (χ3n) is 5.29. The van der Waals surface area contributed by atoms with Gasteiger partial charge in [-0.3, -0.25) is 4.79 Å². The molecule has 0 bridgehead atoms. The molecule has 192 valence electrons. The summed E-state index contributed by atoms with van der Waals surface area (Å²) >= 11 is 0. The minimum absolute atomic E-state index is 0.00850. The van der Waals surface area contributed by atoms with Crippen molar-refractivity contribution in [2.75, 3.05) is 13.0 Å². The van der Waals surface area contributed by atoms with Crippen LogP contribution in [0.25, 0.3) is 5.69 Å². The van der Waals surface area contributed by atoms with Crippen LogP contribution in [-0.4, -0.2) is 28.4 Å². The third kappa shape index (κ3) is 5.70. The van der Waals surface area contributed by atoms with Gasteiger partial charge in [-0.05, 0) is 55.3 Å². The summed E-state index contributed by atoms with van der Waals surface area (Å²) < 4.78 is 55.6. The Morgan fingerprint density at radius 2 is 1.75 bits per heavy atom. The fourth-order valence-corrected chi connectivity index (χ4v) is 3.35. The number of hydrogen-bond donors (Lipinski definition) is 1. The van der Waals surface area contributed by atoms with E-state index in [4.69, 9.17) is 15.3 Å². The van der Waals surface area contributed by atoms with Gasteiger partial charge in [0.2, 0.25) is 0 Å². The Hall–Kier alpha value is -4.22. The van der Waals surface area contributed by atoms with E-state index in [1.165, 1.54) is 31.4 Å². The van der Waals surface area contributed by atoms with Gasteiger partial charge in [0.25, 0.3) is 5.56 Å². The number of aromatic nitrogens is 2. The van der Waals surface area contributed by atoms with Crippen LogP contribution in [0.15, 0.2) is 58.1 Å². The Kier molecular flexibility index (Phi) is 7.76. The monoisotopic (exact) mass is 507 g/mol. The molecular formula is C24H24F3N3O6. The van der Waals surface area contributed by atoms with Crippen molar-refractivity contribution in [3.63, 3.8) is 0 Å². The lowest BCUT2D eigenvalue weighted by Gasteiger charge is -2.17. The summed E-state index contributed by atoms with van der Waals surface area (Å²) in [5, 5.41) is 0. The lowest BCUT2D eigenvalue weighted by atomic mass is 10.1. The molecule has 2 N–H and O–H groups in total. The molecule has 0 saturated carbocycles. The minimum Gasteiger partial charge on any atom is -0.489 e. The summed E-state index contributed by atoms with van der Waals surface area (Å²) in [6.07, 6.45) is -5.04. The van der Waals surface area contributed by atoms with Gasteiger partial charge in [0.05, 0.1) is 12.8 Å². The van der Waals surface area contributed by atoms with Crippen LogP contribution in [0.2, 0.25) is 0 Å². The summed E-state index contributed by atoms with van der Waals surface area (Å²) in [6, 6.07) is 11.3. The number of benzene rings is 2. The summed E-state index contributed by atoms with van der Waals surface area (Å²) in [4.78, 5) is 36.3. The van der Waals surface area contributed by atoms with Crippen LogP contribution in [-0.2, 0) is 28.7 Å². The standard InChI is InChI=1S/C24H24F3N3O6/c1-4-15-5-10-19(36-14(2)22(32)34-3)16(11-15)13-35-18-8-6-17(7-9-18)29-21(31)12-20(24(25,26)27)30(28)23(29)33/h5-12,14H,4,13,28H2,1-3H3. The number of ether oxygens (including phenoxy) is 3. The molecule has 0 spiro atoms. The number of alkyl halides is 3. The van der Waals surface area contributed by atoms with Crippen molar-refractivity contribution in [1.82, 2.24) is 9.24 Å². The second-order valence-corrected chi connectivity index (χ2v) is 7.72. The fraction of sp³-hybridized carbons (Fsp3) is 0.292. The first-order chi connectivity index (χ1) is 17.0. The molecule has 12 heteroatoms. The van der Waals surface area contributed by atoms with Crippen molar-refractivity contribution in [3.8, 4) is 17.2 Å². The van der Waals surface area contributed by atoms with Crippen molar-refractivity contribution in [2.24, 2.45) is 0 Å². The van der Waals surface area contributed by atoms with Crippen LogP contribution < -0.4 is 26.6 Å². The van der Waals surface area contributed by atoms with E-state index >= 15 is 0 Å². The molecule has 0 aliphatic heterocycles. The number of esters is 1. The minimum atomic E-state index is -4.96. The number of carbonyl (C=O) groups is 1. The van der Waals surface area contributed by atoms with Gasteiger partial charge in [-0.25, -0.2) is 18.8 Å². The first kappa shape index (κ1) is 26.4. The Bertz CT molecular complexity index is 1360. The molecule has 36 heavy (non-hydrogen) atoms. The molecule has 2 aromatic carbocycles. The molecule has 3 aromatic rings. The van der Waals surface area contributed by atoms with Gasteiger partial charge in [-0.2, -0.15) is 13.2 Å². The molecule has 0 amide bonds. The number of rotatable bonds is 8. The zero-order valence-corrected chi connectivity index (χ0v) is 19.7. The summed E-state index contributed by atoms with van der Waals surface area (Å²) in [5.74, 6) is 5.52. The van der Waals surface area contributed by atoms with Gasteiger partial charge in [0.15, 0.2) is 11.8 Å². The van der Waals surface area contributed by atoms with Crippen molar-refractivity contribution in [1.29, 1.82) is 0 Å². The molecule has 0 radical (unpaired) electrons. The molecule has 1 unspecified atom stereocenters. The van der Waals surface area contributed by atoms with Crippen LogP contribution in [0, 0.1) is 0 Å². The zero-order valence-electron chi connectivity index (χ0n) is 19.7. The highest BCUT2D eigenvalue weighted by Gasteiger charge is 2.35. The number of methoxy groups -OCH3 is 1. The molecule has 9 nitrogen and oxygen atoms in total. The highest BCUT2D eigenvalue weighted by atomic mass is 19.4. The van der Waals surface area contributed by atoms with Gasteiger partial charge in [0.1, 0.15) is 18.1 Å². The first-order valence-corrected chi connectivity index (χ1v) is 10.8. The maximum absolute atomic E-state index is 13.0. The third-order valence-corrected chi connectivity index (χ3v) is 5.29. The van der Waals surface area contributed by atoms with E-state index in [0.29, 0.717) is 21.6 Å². The van der Waals surface area contributed by atoms with Gasteiger partial charge in [0, 0.05) is 11.6 Å². The van der Waals surface area contributed by atoms with E-state index in [1.54, 1.807) is 13.0 Å². The van der Waals surface area contributed by atoms with Gasteiger partial charge in [-0.15, -0.1) is 0 Å². The normalized spacial score (nSPS) is 12.2. The Balaban J connectivity index is 1.84. The largest absolute Gasteiger partial charge is 0.489 e. The van der Waals surface area contributed by atoms with E-state index in [1.807, 2.05) is 19.1 Å². The number of halogens is 3. The maximum Gasteiger partial charge on any atom is 0.433 e. The fourth-order valence-electron chi connectivity index (χ4n) is 3.35. The quantitative estimate of drug-likeness (QED) is 0.368. The van der Waals surface area contributed by atoms with Crippen LogP contribution in [0.1, 0.15) is 30.7 Å². The lowest BCUT2D eigenvalue weighted by Crippen LogP contribution is -2.45. The van der Waals surface area contributed by atoms with Gasteiger partial charge in [-0.1, -0.05) is 13.0 Å². The van der Waals surface area contributed by atoms with Crippen molar-refractivity contribution >= 4 is 5.97 Å². The van der Waals surface area contributed by atoms with Crippen LogP contribution in [0.5, 0.6) is 11.5 Å². The molecular weight excluding hydrogens is 483 g/mol. The maximum atomic E-state index is 13.0. The Morgan fingerprint density at radius 3 is 2.33 bits per heavy atom. The smallest absolute Gasteiger partial charge is 0.433 e. The highest BCUT2D eigenvalue weighted by molar-refractivity contribution is 5.74. The molecule has 1 heterocycles. The summed E-state index contributed by atoms with van der Waals surface area (Å²) in [7, 11) is 1.26. The molecule has 0 aliphatic carbocycles. The van der Waals surface area contributed by atoms with E-state index < -0.39 is 35.2 Å².